The molecule has 3 unspecified atom stereocenters. The van der Waals surface area contributed by atoms with Gasteiger partial charge in [0.25, 0.3) is 0 Å². The molecule has 0 radical (unpaired) electrons. The van der Waals surface area contributed by atoms with Crippen LogP contribution >= 0.6 is 0 Å². The molecule has 2 aromatic carbocycles. The van der Waals surface area contributed by atoms with Crippen molar-refractivity contribution in [2.45, 2.75) is 96.8 Å². The Morgan fingerprint density at radius 3 is 1.91 bits per heavy atom. The number of fused-ring (bicyclic) bond motifs is 1. The topological polar surface area (TPSA) is 6.48 Å². The number of anilines is 1. The number of allylic oxidation sites excluding steroid dienone is 2. The molecule has 0 aromatic heterocycles. The highest BCUT2D eigenvalue weighted by Crippen LogP contribution is 2.51. The van der Waals surface area contributed by atoms with E-state index in [1.54, 1.807) is 6.08 Å². The van der Waals surface area contributed by atoms with E-state index in [-0.39, 0.29) is 24.1 Å². The Morgan fingerprint density at radius 2 is 1.38 bits per heavy atom. The second-order valence-corrected chi connectivity index (χ2v) is 9.76. The van der Waals surface area contributed by atoms with Crippen LogP contribution in [0.4, 0.5) is 10.1 Å². The van der Waals surface area contributed by atoms with Crippen molar-refractivity contribution >= 4 is 5.69 Å². The minimum atomic E-state index is -0.260. The quantitative estimate of drug-likeness (QED) is 0.369. The highest BCUT2D eigenvalue weighted by molar-refractivity contribution is 5.66. The molecule has 34 heavy (non-hydrogen) atoms. The largest absolute Gasteiger partial charge is 0.342 e. The van der Waals surface area contributed by atoms with Crippen LogP contribution in [-0.4, -0.2) is 17.0 Å². The Labute approximate surface area is 206 Å². The van der Waals surface area contributed by atoms with Gasteiger partial charge in [0.1, 0.15) is 18.0 Å². The Balaban J connectivity index is 2.01. The molecule has 2 aliphatic rings. The molecular formula is C31H41FN2. The van der Waals surface area contributed by atoms with Crippen LogP contribution in [0, 0.1) is 0 Å². The van der Waals surface area contributed by atoms with E-state index >= 15 is 4.39 Å². The maximum atomic E-state index is 15.5. The van der Waals surface area contributed by atoms with E-state index in [1.807, 2.05) is 6.08 Å². The summed E-state index contributed by atoms with van der Waals surface area (Å²) in [4.78, 5) is 4.86. The van der Waals surface area contributed by atoms with Gasteiger partial charge in [0.2, 0.25) is 0 Å². The van der Waals surface area contributed by atoms with Gasteiger partial charge in [-0.1, -0.05) is 83.1 Å². The summed E-state index contributed by atoms with van der Waals surface area (Å²) < 4.78 is 15.5. The summed E-state index contributed by atoms with van der Waals surface area (Å²) in [5.41, 5.74) is 5.45. The van der Waals surface area contributed by atoms with Gasteiger partial charge in [-0.2, -0.15) is 0 Å². The van der Waals surface area contributed by atoms with E-state index in [1.165, 1.54) is 22.4 Å². The molecule has 0 N–H and O–H groups in total. The van der Waals surface area contributed by atoms with Crippen LogP contribution < -0.4 is 4.90 Å². The van der Waals surface area contributed by atoms with Gasteiger partial charge in [-0.3, -0.25) is 0 Å². The van der Waals surface area contributed by atoms with Crippen molar-refractivity contribution in [1.29, 1.82) is 0 Å². The van der Waals surface area contributed by atoms with Crippen molar-refractivity contribution in [2.24, 2.45) is 0 Å². The van der Waals surface area contributed by atoms with E-state index in [0.717, 1.165) is 32.1 Å². The molecule has 0 bridgehead atoms. The van der Waals surface area contributed by atoms with E-state index in [9.17, 15) is 0 Å². The number of hydrogen-bond donors (Lipinski definition) is 0. The summed E-state index contributed by atoms with van der Waals surface area (Å²) in [6.45, 7) is 11.4. The normalized spacial score (nSPS) is 22.0. The van der Waals surface area contributed by atoms with Gasteiger partial charge >= 0.3 is 0 Å². The fraction of sp³-hybridized carbons (Fsp3) is 0.484. The first-order valence-electron chi connectivity index (χ1n) is 13.4. The molecule has 2 aliphatic heterocycles. The summed E-state index contributed by atoms with van der Waals surface area (Å²) in [7, 11) is 0. The van der Waals surface area contributed by atoms with Gasteiger partial charge in [0.05, 0.1) is 6.04 Å². The molecule has 3 atom stereocenters. The first-order valence-corrected chi connectivity index (χ1v) is 13.4. The molecule has 1 saturated heterocycles. The predicted molar refractivity (Wildman–Crippen MR) is 143 cm³/mol. The first-order chi connectivity index (χ1) is 16.6. The van der Waals surface area contributed by atoms with Crippen molar-refractivity contribution in [3.05, 3.63) is 89.4 Å². The zero-order valence-corrected chi connectivity index (χ0v) is 21.5. The monoisotopic (exact) mass is 460 g/mol. The predicted octanol–water partition coefficient (Wildman–Crippen LogP) is 8.84. The molecule has 2 heterocycles. The van der Waals surface area contributed by atoms with Gasteiger partial charge in [-0.25, -0.2) is 4.39 Å². The van der Waals surface area contributed by atoms with Crippen molar-refractivity contribution < 1.29 is 4.39 Å². The summed E-state index contributed by atoms with van der Waals surface area (Å²) in [5, 5.41) is 0. The Morgan fingerprint density at radius 1 is 0.794 bits per heavy atom. The van der Waals surface area contributed by atoms with E-state index < -0.39 is 0 Å². The number of hydrogen-bond acceptors (Lipinski definition) is 2. The van der Waals surface area contributed by atoms with Crippen LogP contribution in [0.2, 0.25) is 0 Å². The zero-order chi connectivity index (χ0) is 24.2. The summed E-state index contributed by atoms with van der Waals surface area (Å²) >= 11 is 0. The van der Waals surface area contributed by atoms with Crippen molar-refractivity contribution in [1.82, 2.24) is 4.90 Å². The molecule has 182 valence electrons. The van der Waals surface area contributed by atoms with Gasteiger partial charge in [-0.15, -0.1) is 0 Å². The lowest BCUT2D eigenvalue weighted by Crippen LogP contribution is -2.38. The molecule has 0 aliphatic carbocycles. The van der Waals surface area contributed by atoms with Crippen LogP contribution in [0.15, 0.2) is 72.7 Å². The Kier molecular flexibility index (Phi) is 7.80. The number of halogens is 1. The van der Waals surface area contributed by atoms with E-state index in [0.29, 0.717) is 11.8 Å². The average molecular weight is 461 g/mol. The molecule has 0 amide bonds. The Bertz CT molecular complexity index is 973. The van der Waals surface area contributed by atoms with Crippen molar-refractivity contribution in [3.8, 4) is 0 Å². The van der Waals surface area contributed by atoms with Crippen LogP contribution in [0.1, 0.15) is 101 Å². The highest BCUT2D eigenvalue weighted by atomic mass is 19.1. The third-order valence-corrected chi connectivity index (χ3v) is 8.11. The highest BCUT2D eigenvalue weighted by Gasteiger charge is 2.49. The summed E-state index contributed by atoms with van der Waals surface area (Å²) in [6.07, 6.45) is 10.9. The first kappa shape index (κ1) is 24.6. The van der Waals surface area contributed by atoms with Crippen LogP contribution in [0.5, 0.6) is 0 Å². The summed E-state index contributed by atoms with van der Waals surface area (Å²) in [5.74, 6) is 0.959. The maximum absolute atomic E-state index is 15.5. The third-order valence-electron chi connectivity index (χ3n) is 8.11. The fourth-order valence-corrected chi connectivity index (χ4v) is 6.32. The second-order valence-electron chi connectivity index (χ2n) is 9.76. The summed E-state index contributed by atoms with van der Waals surface area (Å²) in [6, 6.07) is 17.4. The smallest absolute Gasteiger partial charge is 0.129 e. The standard InChI is InChI=1S/C31H41FN2/c1-6-22(7-2)25-18-14-19-26(23(8-3)9-4)29(25)34-28(10-5)30-27(32)20-15-21-33(30)31(34)24-16-12-11-13-17-24/h11-23,28,30-31H,6-10H2,1-5H3. The molecule has 3 heteroatoms. The van der Waals surface area contributed by atoms with Gasteiger partial charge in [0, 0.05) is 11.9 Å². The molecule has 2 aromatic rings. The molecule has 2 nitrogen and oxygen atoms in total. The van der Waals surface area contributed by atoms with Crippen LogP contribution in [0.3, 0.4) is 0 Å². The lowest BCUT2D eigenvalue weighted by atomic mass is 9.84. The Hall–Kier alpha value is -2.55. The number of nitrogens with zero attached hydrogens (tertiary/aromatic N) is 2. The lowest BCUT2D eigenvalue weighted by molar-refractivity contribution is 0.266. The molecule has 1 fully saturated rings. The molecular weight excluding hydrogens is 419 g/mol. The van der Waals surface area contributed by atoms with Crippen molar-refractivity contribution in [3.63, 3.8) is 0 Å². The van der Waals surface area contributed by atoms with E-state index in [2.05, 4.69) is 99.1 Å². The lowest BCUT2D eigenvalue weighted by Gasteiger charge is -2.38. The zero-order valence-electron chi connectivity index (χ0n) is 21.5. The number of para-hydroxylation sites is 1. The van der Waals surface area contributed by atoms with Crippen molar-refractivity contribution in [2.75, 3.05) is 4.90 Å². The SMILES string of the molecule is CCC(CC)c1cccc(C(CC)CC)c1N1C(CC)C2C(F)=CC=CN2C1c1ccccc1. The third kappa shape index (κ3) is 4.19. The van der Waals surface area contributed by atoms with E-state index in [4.69, 9.17) is 0 Å². The van der Waals surface area contributed by atoms with Crippen LogP contribution in [0.25, 0.3) is 0 Å². The number of benzene rings is 2. The van der Waals surface area contributed by atoms with Crippen LogP contribution in [-0.2, 0) is 0 Å². The molecule has 4 rings (SSSR count). The van der Waals surface area contributed by atoms with Gasteiger partial charge in [0.15, 0.2) is 0 Å². The maximum Gasteiger partial charge on any atom is 0.129 e. The minimum absolute atomic E-state index is 0.0260. The molecule has 0 spiro atoms. The average Bonchev–Trinajstić information content (AvgIpc) is 3.21. The van der Waals surface area contributed by atoms with Gasteiger partial charge in [-0.05, 0) is 72.8 Å². The van der Waals surface area contributed by atoms with Gasteiger partial charge < -0.3 is 9.80 Å². The minimum Gasteiger partial charge on any atom is -0.342 e. The molecule has 0 saturated carbocycles. The fourth-order valence-electron chi connectivity index (χ4n) is 6.32. The number of rotatable bonds is 9. The second kappa shape index (κ2) is 10.8.